The van der Waals surface area contributed by atoms with Gasteiger partial charge in [0.05, 0.1) is 4.90 Å². The van der Waals surface area contributed by atoms with E-state index in [4.69, 9.17) is 4.74 Å². The van der Waals surface area contributed by atoms with Gasteiger partial charge in [-0.15, -0.1) is 0 Å². The van der Waals surface area contributed by atoms with Crippen LogP contribution in [0, 0.1) is 6.92 Å². The molecule has 7 nitrogen and oxygen atoms in total. The lowest BCUT2D eigenvalue weighted by Crippen LogP contribution is -2.49. The average Bonchev–Trinajstić information content (AvgIpc) is 2.78. The molecule has 1 atom stereocenters. The van der Waals surface area contributed by atoms with Gasteiger partial charge in [0.15, 0.2) is 0 Å². The highest BCUT2D eigenvalue weighted by atomic mass is 32.2. The van der Waals surface area contributed by atoms with Crippen molar-refractivity contribution >= 4 is 22.0 Å². The highest BCUT2D eigenvalue weighted by Crippen LogP contribution is 2.11. The number of carbonyl (C=O) groups excluding carboxylic acids is 2. The molecule has 3 aromatic rings. The fourth-order valence-electron chi connectivity index (χ4n) is 2.95. The Balaban J connectivity index is 1.71. The van der Waals surface area contributed by atoms with Crippen LogP contribution in [0.15, 0.2) is 89.8 Å². The van der Waals surface area contributed by atoms with Crippen molar-refractivity contribution in [2.45, 2.75) is 30.9 Å². The molecule has 0 fully saturated rings. The maximum Gasteiger partial charge on any atom is 0.408 e. The summed E-state index contributed by atoms with van der Waals surface area (Å²) in [7, 11) is -4.10. The molecule has 0 aliphatic carbocycles. The molecule has 8 heteroatoms. The summed E-state index contributed by atoms with van der Waals surface area (Å²) in [5, 5.41) is 2.48. The van der Waals surface area contributed by atoms with Gasteiger partial charge in [-0.2, -0.15) is 0 Å². The second kappa shape index (κ2) is 10.6. The predicted octanol–water partition coefficient (Wildman–Crippen LogP) is 3.34. The fourth-order valence-corrected chi connectivity index (χ4v) is 3.97. The molecule has 0 aliphatic heterocycles. The van der Waals surface area contributed by atoms with Gasteiger partial charge in [-0.3, -0.25) is 4.79 Å². The van der Waals surface area contributed by atoms with Crippen LogP contribution >= 0.6 is 0 Å². The molecule has 166 valence electrons. The number of benzene rings is 3. The van der Waals surface area contributed by atoms with E-state index in [2.05, 4.69) is 10.0 Å². The van der Waals surface area contributed by atoms with E-state index in [-0.39, 0.29) is 17.9 Å². The summed E-state index contributed by atoms with van der Waals surface area (Å²) in [6.45, 7) is 1.85. The van der Waals surface area contributed by atoms with Gasteiger partial charge in [0, 0.05) is 6.42 Å². The molecule has 3 rings (SSSR count). The minimum Gasteiger partial charge on any atom is -0.445 e. The Hall–Kier alpha value is -3.65. The summed E-state index contributed by atoms with van der Waals surface area (Å²) in [4.78, 5) is 25.1. The van der Waals surface area contributed by atoms with E-state index in [1.807, 2.05) is 31.2 Å². The largest absolute Gasteiger partial charge is 0.445 e. The number of hydrogen-bond donors (Lipinski definition) is 2. The molecule has 0 aliphatic rings. The molecular weight excluding hydrogens is 428 g/mol. The Morgan fingerprint density at radius 2 is 1.41 bits per heavy atom. The molecule has 0 aromatic heterocycles. The number of nitrogens with one attached hydrogen (secondary N) is 2. The van der Waals surface area contributed by atoms with Gasteiger partial charge in [-0.1, -0.05) is 78.4 Å². The third-order valence-electron chi connectivity index (χ3n) is 4.67. The van der Waals surface area contributed by atoms with Crippen LogP contribution in [0.4, 0.5) is 4.79 Å². The zero-order chi connectivity index (χ0) is 23.0. The number of carbonyl (C=O) groups is 2. The van der Waals surface area contributed by atoms with E-state index in [9.17, 15) is 18.0 Å². The topological polar surface area (TPSA) is 102 Å². The van der Waals surface area contributed by atoms with Crippen molar-refractivity contribution in [1.29, 1.82) is 0 Å². The molecule has 0 spiro atoms. The van der Waals surface area contributed by atoms with Crippen molar-refractivity contribution in [2.75, 3.05) is 0 Å². The van der Waals surface area contributed by atoms with Crippen LogP contribution in [0.5, 0.6) is 0 Å². The van der Waals surface area contributed by atoms with Crippen molar-refractivity contribution < 1.29 is 22.7 Å². The molecule has 32 heavy (non-hydrogen) atoms. The second-order valence-corrected chi connectivity index (χ2v) is 8.91. The summed E-state index contributed by atoms with van der Waals surface area (Å²) >= 11 is 0. The van der Waals surface area contributed by atoms with E-state index in [1.54, 1.807) is 48.5 Å². The van der Waals surface area contributed by atoms with E-state index in [0.29, 0.717) is 0 Å². The van der Waals surface area contributed by atoms with Gasteiger partial charge >= 0.3 is 6.09 Å². The van der Waals surface area contributed by atoms with Crippen LogP contribution in [0.2, 0.25) is 0 Å². The quantitative estimate of drug-likeness (QED) is 0.546. The highest BCUT2D eigenvalue weighted by molar-refractivity contribution is 7.90. The Morgan fingerprint density at radius 3 is 2.00 bits per heavy atom. The SMILES string of the molecule is Cc1ccc(S(=O)(=O)NC(=O)C(Cc2ccccc2)NC(=O)OCc2ccccc2)cc1. The third-order valence-corrected chi connectivity index (χ3v) is 6.03. The number of sulfonamides is 1. The van der Waals surface area contributed by atoms with E-state index in [0.717, 1.165) is 16.7 Å². The normalized spacial score (nSPS) is 11.9. The van der Waals surface area contributed by atoms with Crippen molar-refractivity contribution in [3.63, 3.8) is 0 Å². The minimum atomic E-state index is -4.10. The Bertz CT molecular complexity index is 1150. The van der Waals surface area contributed by atoms with Crippen molar-refractivity contribution in [3.8, 4) is 0 Å². The summed E-state index contributed by atoms with van der Waals surface area (Å²) in [5.41, 5.74) is 2.43. The summed E-state index contributed by atoms with van der Waals surface area (Å²) in [6.07, 6.45) is -0.728. The minimum absolute atomic E-state index is 0.0218. The van der Waals surface area contributed by atoms with Gasteiger partial charge in [-0.05, 0) is 30.2 Å². The standard InChI is InChI=1S/C24H24N2O5S/c1-18-12-14-21(15-13-18)32(29,30)26-23(27)22(16-19-8-4-2-5-9-19)25-24(28)31-17-20-10-6-3-7-11-20/h2-15,22H,16-17H2,1H3,(H,25,28)(H,26,27). The molecule has 0 heterocycles. The van der Waals surface area contributed by atoms with Crippen LogP contribution < -0.4 is 10.0 Å². The van der Waals surface area contributed by atoms with E-state index >= 15 is 0 Å². The molecule has 2 amide bonds. The van der Waals surface area contributed by atoms with Gasteiger partial charge in [-0.25, -0.2) is 17.9 Å². The smallest absolute Gasteiger partial charge is 0.408 e. The molecular formula is C24H24N2O5S. The lowest BCUT2D eigenvalue weighted by Gasteiger charge is -2.18. The maximum absolute atomic E-state index is 12.9. The van der Waals surface area contributed by atoms with Crippen molar-refractivity contribution in [1.82, 2.24) is 10.0 Å². The zero-order valence-corrected chi connectivity index (χ0v) is 18.3. The Labute approximate surface area is 187 Å². The number of ether oxygens (including phenoxy) is 1. The maximum atomic E-state index is 12.9. The molecule has 3 aromatic carbocycles. The zero-order valence-electron chi connectivity index (χ0n) is 17.5. The lowest BCUT2D eigenvalue weighted by atomic mass is 10.1. The monoisotopic (exact) mass is 452 g/mol. The predicted molar refractivity (Wildman–Crippen MR) is 120 cm³/mol. The van der Waals surface area contributed by atoms with E-state index in [1.165, 1.54) is 12.1 Å². The summed E-state index contributed by atoms with van der Waals surface area (Å²) in [5.74, 6) is -0.855. The summed E-state index contributed by atoms with van der Waals surface area (Å²) in [6, 6.07) is 23.0. The first kappa shape index (κ1) is 23.0. The van der Waals surface area contributed by atoms with Crippen molar-refractivity contribution in [3.05, 3.63) is 102 Å². The molecule has 0 saturated heterocycles. The van der Waals surface area contributed by atoms with Gasteiger partial charge in [0.2, 0.25) is 0 Å². The van der Waals surface area contributed by atoms with Gasteiger partial charge in [0.25, 0.3) is 15.9 Å². The summed E-state index contributed by atoms with van der Waals surface area (Å²) < 4.78 is 32.5. The van der Waals surface area contributed by atoms with Gasteiger partial charge in [0.1, 0.15) is 12.6 Å². The molecule has 0 bridgehead atoms. The number of aryl methyl sites for hydroxylation is 1. The van der Waals surface area contributed by atoms with Crippen LogP contribution in [0.1, 0.15) is 16.7 Å². The van der Waals surface area contributed by atoms with Gasteiger partial charge < -0.3 is 10.1 Å². The molecule has 2 N–H and O–H groups in total. The second-order valence-electron chi connectivity index (χ2n) is 7.23. The van der Waals surface area contributed by atoms with Crippen LogP contribution in [-0.4, -0.2) is 26.5 Å². The van der Waals surface area contributed by atoms with Crippen LogP contribution in [0.25, 0.3) is 0 Å². The number of alkyl carbamates (subject to hydrolysis) is 1. The first-order valence-electron chi connectivity index (χ1n) is 9.98. The fraction of sp³-hybridized carbons (Fsp3) is 0.167. The third kappa shape index (κ3) is 6.68. The van der Waals surface area contributed by atoms with Crippen LogP contribution in [-0.2, 0) is 32.6 Å². The van der Waals surface area contributed by atoms with Crippen molar-refractivity contribution in [2.24, 2.45) is 0 Å². The number of amides is 2. The highest BCUT2D eigenvalue weighted by Gasteiger charge is 2.27. The first-order chi connectivity index (χ1) is 15.3. The molecule has 1 unspecified atom stereocenters. The number of rotatable bonds is 8. The molecule has 0 saturated carbocycles. The van der Waals surface area contributed by atoms with Crippen LogP contribution in [0.3, 0.4) is 0 Å². The average molecular weight is 453 g/mol. The van der Waals surface area contributed by atoms with E-state index < -0.39 is 28.1 Å². The Morgan fingerprint density at radius 1 is 0.844 bits per heavy atom. The first-order valence-corrected chi connectivity index (χ1v) is 11.5. The Kier molecular flexibility index (Phi) is 7.62. The number of hydrogen-bond acceptors (Lipinski definition) is 5. The molecule has 0 radical (unpaired) electrons. The lowest BCUT2D eigenvalue weighted by molar-refractivity contribution is -0.121.